The maximum atomic E-state index is 13.2. The third kappa shape index (κ3) is 3.11. The average Bonchev–Trinajstić information content (AvgIpc) is 2.40. The lowest BCUT2D eigenvalue weighted by Gasteiger charge is -2.16. The number of anilines is 1. The summed E-state index contributed by atoms with van der Waals surface area (Å²) < 4.78 is 13.7. The number of halogens is 2. The molecule has 2 aromatic rings. The lowest BCUT2D eigenvalue weighted by atomic mass is 10.1. The van der Waals surface area contributed by atoms with Crippen LogP contribution in [-0.2, 0) is 0 Å². The molecule has 1 unspecified atom stereocenters. The van der Waals surface area contributed by atoms with Crippen LogP contribution in [0.2, 0.25) is 0 Å². The number of hydrogen-bond donors (Lipinski definition) is 1. The summed E-state index contributed by atoms with van der Waals surface area (Å²) in [6.07, 6.45) is 2.64. The van der Waals surface area contributed by atoms with E-state index in [1.165, 1.54) is 24.5 Å². The molecule has 1 N–H and O–H groups in total. The minimum absolute atomic E-state index is 0.136. The molecule has 0 fully saturated rings. The van der Waals surface area contributed by atoms with Crippen molar-refractivity contribution < 1.29 is 9.31 Å². The number of pyridine rings is 1. The van der Waals surface area contributed by atoms with Crippen molar-refractivity contribution in [3.63, 3.8) is 0 Å². The van der Waals surface area contributed by atoms with Gasteiger partial charge < -0.3 is 5.32 Å². The summed E-state index contributed by atoms with van der Waals surface area (Å²) in [7, 11) is 0. The number of nitro groups is 1. The number of nitrogens with one attached hydrogen (secondary N) is 1. The first-order valence-corrected chi connectivity index (χ1v) is 6.58. The van der Waals surface area contributed by atoms with Crippen LogP contribution in [-0.4, -0.2) is 9.91 Å². The molecular formula is C13H11BrFN3O2. The number of aromatic nitrogens is 1. The molecule has 1 atom stereocenters. The fourth-order valence-electron chi connectivity index (χ4n) is 1.78. The first-order chi connectivity index (χ1) is 9.49. The molecule has 0 aliphatic carbocycles. The third-order valence-corrected chi connectivity index (χ3v) is 3.39. The molecule has 0 saturated carbocycles. The molecule has 1 aromatic carbocycles. The van der Waals surface area contributed by atoms with Crippen molar-refractivity contribution in [1.82, 2.24) is 4.98 Å². The number of rotatable bonds is 4. The summed E-state index contributed by atoms with van der Waals surface area (Å²) in [5.41, 5.74) is 0.882. The average molecular weight is 340 g/mol. The van der Waals surface area contributed by atoms with Crippen molar-refractivity contribution in [3.05, 3.63) is 62.6 Å². The van der Waals surface area contributed by atoms with E-state index in [1.807, 2.05) is 0 Å². The summed E-state index contributed by atoms with van der Waals surface area (Å²) in [4.78, 5) is 14.2. The van der Waals surface area contributed by atoms with Gasteiger partial charge in [0, 0.05) is 12.2 Å². The second kappa shape index (κ2) is 5.96. The Bertz CT molecular complexity index is 651. The molecule has 5 nitrogen and oxygen atoms in total. The van der Waals surface area contributed by atoms with Crippen LogP contribution in [0, 0.1) is 15.9 Å². The van der Waals surface area contributed by atoms with Crippen LogP contribution in [0.1, 0.15) is 18.5 Å². The van der Waals surface area contributed by atoms with E-state index in [1.54, 1.807) is 19.1 Å². The number of benzene rings is 1. The molecule has 0 spiro atoms. The van der Waals surface area contributed by atoms with E-state index in [9.17, 15) is 14.5 Å². The Kier molecular flexibility index (Phi) is 4.29. The Morgan fingerprint density at radius 2 is 2.20 bits per heavy atom. The van der Waals surface area contributed by atoms with Crippen molar-refractivity contribution in [1.29, 1.82) is 0 Å². The third-order valence-electron chi connectivity index (χ3n) is 2.79. The van der Waals surface area contributed by atoms with Crippen LogP contribution in [0.5, 0.6) is 0 Å². The predicted molar refractivity (Wildman–Crippen MR) is 77.0 cm³/mol. The summed E-state index contributed by atoms with van der Waals surface area (Å²) in [6, 6.07) is 5.79. The summed E-state index contributed by atoms with van der Waals surface area (Å²) >= 11 is 3.23. The molecule has 0 amide bonds. The van der Waals surface area contributed by atoms with E-state index in [-0.39, 0.29) is 17.5 Å². The maximum absolute atomic E-state index is 13.2. The highest BCUT2D eigenvalue weighted by atomic mass is 79.9. The van der Waals surface area contributed by atoms with E-state index in [2.05, 4.69) is 26.2 Å². The van der Waals surface area contributed by atoms with Crippen LogP contribution >= 0.6 is 15.9 Å². The Hall–Kier alpha value is -2.02. The fraction of sp³-hybridized carbons (Fsp3) is 0.154. The molecule has 2 rings (SSSR count). The lowest BCUT2D eigenvalue weighted by molar-refractivity contribution is -0.384. The van der Waals surface area contributed by atoms with Crippen LogP contribution in [0.15, 0.2) is 41.1 Å². The molecule has 0 radical (unpaired) electrons. The highest BCUT2D eigenvalue weighted by molar-refractivity contribution is 9.10. The standard InChI is InChI=1S/C13H11BrFN3O2/c1-8(9-3-2-4-10(15)5-9)17-13-11(14)6-16-7-12(13)18(19)20/h2-8H,1H3,(H,16,17). The van der Waals surface area contributed by atoms with E-state index in [0.717, 1.165) is 0 Å². The smallest absolute Gasteiger partial charge is 0.311 e. The van der Waals surface area contributed by atoms with E-state index in [0.29, 0.717) is 15.7 Å². The molecule has 20 heavy (non-hydrogen) atoms. The molecule has 104 valence electrons. The van der Waals surface area contributed by atoms with Crippen molar-refractivity contribution in [2.24, 2.45) is 0 Å². The van der Waals surface area contributed by atoms with Gasteiger partial charge in [-0.05, 0) is 40.5 Å². The fourth-order valence-corrected chi connectivity index (χ4v) is 2.22. The largest absolute Gasteiger partial charge is 0.372 e. The summed E-state index contributed by atoms with van der Waals surface area (Å²) in [5, 5.41) is 14.0. The minimum Gasteiger partial charge on any atom is -0.372 e. The van der Waals surface area contributed by atoms with Gasteiger partial charge in [0.2, 0.25) is 0 Å². The van der Waals surface area contributed by atoms with Gasteiger partial charge >= 0.3 is 5.69 Å². The number of nitrogens with zero attached hydrogens (tertiary/aromatic N) is 2. The van der Waals surface area contributed by atoms with Gasteiger partial charge in [0.15, 0.2) is 0 Å². The van der Waals surface area contributed by atoms with Crippen LogP contribution < -0.4 is 5.32 Å². The van der Waals surface area contributed by atoms with Gasteiger partial charge in [-0.3, -0.25) is 15.1 Å². The van der Waals surface area contributed by atoms with Crippen molar-refractivity contribution in [2.45, 2.75) is 13.0 Å². The quantitative estimate of drug-likeness (QED) is 0.673. The SMILES string of the molecule is CC(Nc1c(Br)cncc1[N+](=O)[O-])c1cccc(F)c1. The molecule has 7 heteroatoms. The van der Waals surface area contributed by atoms with Gasteiger partial charge in [0.05, 0.1) is 9.40 Å². The van der Waals surface area contributed by atoms with Gasteiger partial charge in [-0.15, -0.1) is 0 Å². The molecule has 1 heterocycles. The molecule has 1 aromatic heterocycles. The topological polar surface area (TPSA) is 68.1 Å². The zero-order valence-electron chi connectivity index (χ0n) is 10.5. The molecule has 0 aliphatic heterocycles. The Morgan fingerprint density at radius 3 is 2.85 bits per heavy atom. The monoisotopic (exact) mass is 339 g/mol. The second-order valence-corrected chi connectivity index (χ2v) is 5.05. The zero-order chi connectivity index (χ0) is 14.7. The lowest BCUT2D eigenvalue weighted by Crippen LogP contribution is -2.09. The zero-order valence-corrected chi connectivity index (χ0v) is 12.1. The molecule has 0 saturated heterocycles. The molecule has 0 aliphatic rings. The maximum Gasteiger partial charge on any atom is 0.311 e. The Balaban J connectivity index is 2.32. The van der Waals surface area contributed by atoms with E-state index < -0.39 is 4.92 Å². The Morgan fingerprint density at radius 1 is 1.45 bits per heavy atom. The first-order valence-electron chi connectivity index (χ1n) is 5.79. The molecular weight excluding hydrogens is 329 g/mol. The molecule has 0 bridgehead atoms. The van der Waals surface area contributed by atoms with E-state index >= 15 is 0 Å². The Labute approximate surface area is 123 Å². The van der Waals surface area contributed by atoms with Crippen molar-refractivity contribution >= 4 is 27.3 Å². The first kappa shape index (κ1) is 14.4. The second-order valence-electron chi connectivity index (χ2n) is 4.19. The van der Waals surface area contributed by atoms with Gasteiger partial charge in [-0.1, -0.05) is 12.1 Å². The van der Waals surface area contributed by atoms with E-state index in [4.69, 9.17) is 0 Å². The van der Waals surface area contributed by atoms with Crippen LogP contribution in [0.4, 0.5) is 15.8 Å². The summed E-state index contributed by atoms with van der Waals surface area (Å²) in [6.45, 7) is 1.80. The van der Waals surface area contributed by atoms with Crippen molar-refractivity contribution in [2.75, 3.05) is 5.32 Å². The van der Waals surface area contributed by atoms with Crippen LogP contribution in [0.25, 0.3) is 0 Å². The predicted octanol–water partition coefficient (Wildman–Crippen LogP) is 4.06. The minimum atomic E-state index is -0.515. The van der Waals surface area contributed by atoms with Gasteiger partial charge in [-0.2, -0.15) is 0 Å². The van der Waals surface area contributed by atoms with Crippen molar-refractivity contribution in [3.8, 4) is 0 Å². The van der Waals surface area contributed by atoms with Gasteiger partial charge in [0.1, 0.15) is 17.7 Å². The van der Waals surface area contributed by atoms with Gasteiger partial charge in [-0.25, -0.2) is 4.39 Å². The van der Waals surface area contributed by atoms with Gasteiger partial charge in [0.25, 0.3) is 0 Å². The van der Waals surface area contributed by atoms with Crippen LogP contribution in [0.3, 0.4) is 0 Å². The normalized spacial score (nSPS) is 11.9. The highest BCUT2D eigenvalue weighted by Crippen LogP contribution is 2.33. The highest BCUT2D eigenvalue weighted by Gasteiger charge is 2.19. The number of hydrogen-bond acceptors (Lipinski definition) is 4. The summed E-state index contributed by atoms with van der Waals surface area (Å²) in [5.74, 6) is -0.348.